The summed E-state index contributed by atoms with van der Waals surface area (Å²) in [5.74, 6) is -6.14. The Hall–Kier alpha value is -2.72. The fraction of sp³-hybridized carbons (Fsp3) is 0.467. The standard InChI is InChI=1S/C17H24O4.C13H16O4.Na.H2O/c1-6-20-15(18)14(16(19)21-7-2)17(4,5)13-10-8-12(3)9-11-13;1-8-4-6-9(7-5-8)13(2,3)10(11(14)15)12(16)17;;/h8-11,14H,6-7H2,1-5H3;4-7,10H,1-3H3,(H,14,15)(H,16,17);;1H2/q;;+1;/p-1. The molecule has 9 nitrogen and oxygen atoms in total. The molecule has 0 radical (unpaired) electrons. The van der Waals surface area contributed by atoms with E-state index in [4.69, 9.17) is 19.7 Å². The van der Waals surface area contributed by atoms with Crippen LogP contribution in [0.5, 0.6) is 0 Å². The molecular formula is C30H41NaO9. The molecule has 0 amide bonds. The van der Waals surface area contributed by atoms with E-state index in [9.17, 15) is 19.2 Å². The average Bonchev–Trinajstić information content (AvgIpc) is 2.79. The second kappa shape index (κ2) is 17.2. The number of aryl methyl sites for hydroxylation is 2. The number of rotatable bonds is 10. The molecule has 0 saturated heterocycles. The van der Waals surface area contributed by atoms with Crippen molar-refractivity contribution in [3.05, 3.63) is 70.8 Å². The molecule has 0 aliphatic rings. The van der Waals surface area contributed by atoms with E-state index >= 15 is 0 Å². The van der Waals surface area contributed by atoms with Crippen molar-refractivity contribution in [3.8, 4) is 0 Å². The second-order valence-corrected chi connectivity index (χ2v) is 10.2. The first-order chi connectivity index (χ1) is 17.6. The molecule has 0 bridgehead atoms. The van der Waals surface area contributed by atoms with Crippen LogP contribution in [0, 0.1) is 25.7 Å². The number of benzene rings is 2. The first-order valence-corrected chi connectivity index (χ1v) is 12.5. The third-order valence-electron chi connectivity index (χ3n) is 6.57. The van der Waals surface area contributed by atoms with Crippen LogP contribution in [0.4, 0.5) is 0 Å². The first-order valence-electron chi connectivity index (χ1n) is 12.5. The van der Waals surface area contributed by atoms with Gasteiger partial charge in [-0.2, -0.15) is 0 Å². The van der Waals surface area contributed by atoms with Crippen molar-refractivity contribution in [2.45, 2.75) is 66.2 Å². The van der Waals surface area contributed by atoms with Crippen LogP contribution >= 0.6 is 0 Å². The zero-order valence-electron chi connectivity index (χ0n) is 25.0. The topological polar surface area (TPSA) is 157 Å². The molecule has 0 unspecified atom stereocenters. The maximum Gasteiger partial charge on any atom is 1.00 e. The van der Waals surface area contributed by atoms with Gasteiger partial charge in [0.25, 0.3) is 0 Å². The quantitative estimate of drug-likeness (QED) is 0.248. The summed E-state index contributed by atoms with van der Waals surface area (Å²) in [6.07, 6.45) is 0. The Balaban J connectivity index is 0. The molecule has 0 aromatic heterocycles. The number of aliphatic carboxylic acids is 2. The Kier molecular flexibility index (Phi) is 16.9. The van der Waals surface area contributed by atoms with E-state index in [-0.39, 0.29) is 48.2 Å². The molecule has 2 aromatic rings. The van der Waals surface area contributed by atoms with E-state index in [2.05, 4.69) is 0 Å². The Bertz CT molecular complexity index is 1080. The molecule has 0 spiro atoms. The molecule has 0 fully saturated rings. The SMILES string of the molecule is CCOC(=O)C(C(=O)OCC)C(C)(C)c1ccc(C)cc1.Cc1ccc(C(C)(C)C(C(=O)O)C(=O)O)cc1.[Na+].[OH-]. The minimum absolute atomic E-state index is 0. The number of carboxylic acid groups (broad SMARTS) is 2. The largest absolute Gasteiger partial charge is 1.00 e. The van der Waals surface area contributed by atoms with E-state index in [1.54, 1.807) is 39.8 Å². The van der Waals surface area contributed by atoms with Crippen molar-refractivity contribution in [2.75, 3.05) is 13.2 Å². The molecule has 2 aromatic carbocycles. The van der Waals surface area contributed by atoms with Gasteiger partial charge in [0.05, 0.1) is 13.2 Å². The fourth-order valence-electron chi connectivity index (χ4n) is 4.16. The van der Waals surface area contributed by atoms with Crippen LogP contribution in [-0.4, -0.2) is 52.8 Å². The molecule has 0 aliphatic heterocycles. The van der Waals surface area contributed by atoms with E-state index < -0.39 is 46.5 Å². The number of carbonyl (C=O) groups excluding carboxylic acids is 2. The zero-order chi connectivity index (χ0) is 29.3. The molecule has 10 heteroatoms. The van der Waals surface area contributed by atoms with E-state index in [0.29, 0.717) is 5.56 Å². The average molecular weight is 569 g/mol. The number of ether oxygens (including phenoxy) is 2. The summed E-state index contributed by atoms with van der Waals surface area (Å²) < 4.78 is 10.1. The van der Waals surface area contributed by atoms with Crippen LogP contribution < -0.4 is 29.6 Å². The maximum absolute atomic E-state index is 12.2. The van der Waals surface area contributed by atoms with Gasteiger partial charge in [0, 0.05) is 10.8 Å². The molecule has 2 rings (SSSR count). The number of hydrogen-bond acceptors (Lipinski definition) is 7. The number of esters is 2. The predicted molar refractivity (Wildman–Crippen MR) is 146 cm³/mol. The summed E-state index contributed by atoms with van der Waals surface area (Å²) in [6, 6.07) is 15.0. The molecule has 216 valence electrons. The van der Waals surface area contributed by atoms with Gasteiger partial charge in [-0.1, -0.05) is 87.4 Å². The number of hydrogen-bond donors (Lipinski definition) is 2. The van der Waals surface area contributed by atoms with Crippen LogP contribution in [-0.2, 0) is 39.5 Å². The summed E-state index contributed by atoms with van der Waals surface area (Å²) in [6.45, 7) is 14.8. The summed E-state index contributed by atoms with van der Waals surface area (Å²) in [5, 5.41) is 18.0. The maximum atomic E-state index is 12.2. The van der Waals surface area contributed by atoms with Crippen molar-refractivity contribution >= 4 is 23.9 Å². The van der Waals surface area contributed by atoms with Gasteiger partial charge in [0.15, 0.2) is 11.8 Å². The molecule has 0 saturated carbocycles. The van der Waals surface area contributed by atoms with Crippen LogP contribution in [0.2, 0.25) is 0 Å². The van der Waals surface area contributed by atoms with Crippen LogP contribution in [0.25, 0.3) is 0 Å². The van der Waals surface area contributed by atoms with E-state index in [1.807, 2.05) is 64.1 Å². The van der Waals surface area contributed by atoms with Crippen molar-refractivity contribution in [3.63, 3.8) is 0 Å². The molecule has 0 atom stereocenters. The molecular weight excluding hydrogens is 527 g/mol. The zero-order valence-corrected chi connectivity index (χ0v) is 27.0. The van der Waals surface area contributed by atoms with Crippen molar-refractivity contribution in [1.82, 2.24) is 0 Å². The molecule has 0 heterocycles. The van der Waals surface area contributed by atoms with Crippen LogP contribution in [0.1, 0.15) is 63.8 Å². The monoisotopic (exact) mass is 568 g/mol. The molecule has 40 heavy (non-hydrogen) atoms. The van der Waals surface area contributed by atoms with Crippen LogP contribution in [0.3, 0.4) is 0 Å². The summed E-state index contributed by atoms with van der Waals surface area (Å²) in [5.41, 5.74) is 2.12. The molecule has 3 N–H and O–H groups in total. The Morgan fingerprint density at radius 1 is 0.650 bits per heavy atom. The van der Waals surface area contributed by atoms with Gasteiger partial charge < -0.3 is 25.2 Å². The summed E-state index contributed by atoms with van der Waals surface area (Å²) >= 11 is 0. The third kappa shape index (κ3) is 10.4. The van der Waals surface area contributed by atoms with Crippen molar-refractivity contribution < 1.29 is 73.9 Å². The fourth-order valence-corrected chi connectivity index (χ4v) is 4.16. The van der Waals surface area contributed by atoms with E-state index in [1.165, 1.54) is 0 Å². The van der Waals surface area contributed by atoms with Gasteiger partial charge in [-0.3, -0.25) is 19.2 Å². The molecule has 0 aliphatic carbocycles. The van der Waals surface area contributed by atoms with Gasteiger partial charge in [-0.05, 0) is 38.8 Å². The normalized spacial score (nSPS) is 10.8. The van der Waals surface area contributed by atoms with Gasteiger partial charge >= 0.3 is 53.4 Å². The van der Waals surface area contributed by atoms with Gasteiger partial charge in [-0.25, -0.2) is 0 Å². The Labute approximate surface area is 258 Å². The van der Waals surface area contributed by atoms with Crippen molar-refractivity contribution in [2.24, 2.45) is 11.8 Å². The summed E-state index contributed by atoms with van der Waals surface area (Å²) in [7, 11) is 0. The van der Waals surface area contributed by atoms with E-state index in [0.717, 1.165) is 16.7 Å². The smallest absolute Gasteiger partial charge is 0.870 e. The third-order valence-corrected chi connectivity index (χ3v) is 6.57. The van der Waals surface area contributed by atoms with Gasteiger partial charge in [0.1, 0.15) is 0 Å². The van der Waals surface area contributed by atoms with Crippen LogP contribution in [0.15, 0.2) is 48.5 Å². The Morgan fingerprint density at radius 3 is 1.18 bits per heavy atom. The predicted octanol–water partition coefficient (Wildman–Crippen LogP) is 1.90. The Morgan fingerprint density at radius 2 is 0.925 bits per heavy atom. The van der Waals surface area contributed by atoms with Crippen molar-refractivity contribution in [1.29, 1.82) is 0 Å². The van der Waals surface area contributed by atoms with Gasteiger partial charge in [-0.15, -0.1) is 0 Å². The number of carboxylic acids is 2. The minimum atomic E-state index is -1.45. The first kappa shape index (κ1) is 39.4. The second-order valence-electron chi connectivity index (χ2n) is 10.2. The minimum Gasteiger partial charge on any atom is -0.870 e. The van der Waals surface area contributed by atoms with Gasteiger partial charge in [0.2, 0.25) is 0 Å². The number of carbonyl (C=O) groups is 4. The summed E-state index contributed by atoms with van der Waals surface area (Å²) in [4.78, 5) is 46.5.